The van der Waals surface area contributed by atoms with Gasteiger partial charge < -0.3 is 20.1 Å². The molecule has 132 valence electrons. The number of aliphatic hydroxyl groups is 1. The number of piperidine rings is 1. The number of hydrogen-bond acceptors (Lipinski definition) is 4. The largest absolute Gasteiger partial charge is 0.484 e. The molecule has 1 heterocycles. The van der Waals surface area contributed by atoms with Gasteiger partial charge in [0.15, 0.2) is 6.61 Å². The second-order valence-corrected chi connectivity index (χ2v) is 6.39. The summed E-state index contributed by atoms with van der Waals surface area (Å²) in [5, 5.41) is 12.6. The summed E-state index contributed by atoms with van der Waals surface area (Å²) in [5.74, 6) is 0.499. The molecule has 5 heteroatoms. The number of para-hydroxylation sites is 2. The Morgan fingerprint density at radius 3 is 2.72 bits per heavy atom. The number of amides is 1. The summed E-state index contributed by atoms with van der Waals surface area (Å²) in [6, 6.07) is 15.4. The van der Waals surface area contributed by atoms with Crippen molar-refractivity contribution in [1.82, 2.24) is 0 Å². The van der Waals surface area contributed by atoms with Crippen LogP contribution in [0.25, 0.3) is 0 Å². The summed E-state index contributed by atoms with van der Waals surface area (Å²) in [5.41, 5.74) is 2.85. The van der Waals surface area contributed by atoms with Crippen LogP contribution in [0.4, 0.5) is 11.4 Å². The number of aryl methyl sites for hydroxylation is 1. The number of carbonyl (C=O) groups excluding carboxylic acids is 1. The van der Waals surface area contributed by atoms with E-state index in [0.717, 1.165) is 42.9 Å². The average Bonchev–Trinajstić information content (AvgIpc) is 2.61. The number of benzene rings is 2. The maximum Gasteiger partial charge on any atom is 0.262 e. The summed E-state index contributed by atoms with van der Waals surface area (Å²) in [4.78, 5) is 14.5. The Morgan fingerprint density at radius 1 is 1.20 bits per heavy atom. The standard InChI is InChI=1S/C20H24N2O3/c1-15-5-4-6-17(13-15)25-14-20(24)21-18-7-2-3-8-19(18)22-11-9-16(23)10-12-22/h2-8,13,16,23H,9-12,14H2,1H3,(H,21,24). The van der Waals surface area contributed by atoms with E-state index in [4.69, 9.17) is 4.74 Å². The van der Waals surface area contributed by atoms with Crippen LogP contribution in [-0.2, 0) is 4.79 Å². The van der Waals surface area contributed by atoms with Gasteiger partial charge in [0.1, 0.15) is 5.75 Å². The van der Waals surface area contributed by atoms with Crippen molar-refractivity contribution >= 4 is 17.3 Å². The molecule has 0 aliphatic carbocycles. The lowest BCUT2D eigenvalue weighted by molar-refractivity contribution is -0.118. The number of nitrogens with one attached hydrogen (secondary N) is 1. The fourth-order valence-corrected chi connectivity index (χ4v) is 3.00. The molecule has 0 aromatic heterocycles. The van der Waals surface area contributed by atoms with Crippen molar-refractivity contribution in [3.05, 3.63) is 54.1 Å². The van der Waals surface area contributed by atoms with Crippen LogP contribution in [0.15, 0.2) is 48.5 Å². The van der Waals surface area contributed by atoms with E-state index < -0.39 is 0 Å². The molecule has 0 saturated carbocycles. The molecule has 25 heavy (non-hydrogen) atoms. The van der Waals surface area contributed by atoms with Gasteiger partial charge in [-0.1, -0.05) is 24.3 Å². The SMILES string of the molecule is Cc1cccc(OCC(=O)Nc2ccccc2N2CCC(O)CC2)c1. The zero-order valence-electron chi connectivity index (χ0n) is 14.4. The van der Waals surface area contributed by atoms with Gasteiger partial charge in [-0.15, -0.1) is 0 Å². The number of ether oxygens (including phenoxy) is 1. The van der Waals surface area contributed by atoms with E-state index in [0.29, 0.717) is 5.75 Å². The van der Waals surface area contributed by atoms with E-state index in [-0.39, 0.29) is 18.6 Å². The maximum absolute atomic E-state index is 12.3. The van der Waals surface area contributed by atoms with Crippen LogP contribution in [0.2, 0.25) is 0 Å². The zero-order valence-corrected chi connectivity index (χ0v) is 14.4. The van der Waals surface area contributed by atoms with Gasteiger partial charge in [-0.05, 0) is 49.6 Å². The Bertz CT molecular complexity index is 724. The second-order valence-electron chi connectivity index (χ2n) is 6.39. The topological polar surface area (TPSA) is 61.8 Å². The minimum atomic E-state index is -0.222. The van der Waals surface area contributed by atoms with Gasteiger partial charge in [-0.3, -0.25) is 4.79 Å². The van der Waals surface area contributed by atoms with Crippen LogP contribution in [0, 0.1) is 6.92 Å². The smallest absolute Gasteiger partial charge is 0.262 e. The molecule has 1 aliphatic rings. The lowest BCUT2D eigenvalue weighted by Crippen LogP contribution is -2.36. The molecule has 3 rings (SSSR count). The third-order valence-electron chi connectivity index (χ3n) is 4.34. The van der Waals surface area contributed by atoms with Crippen LogP contribution in [0.5, 0.6) is 5.75 Å². The number of rotatable bonds is 5. The highest BCUT2D eigenvalue weighted by Gasteiger charge is 2.19. The Labute approximate surface area is 148 Å². The Kier molecular flexibility index (Phi) is 5.56. The second kappa shape index (κ2) is 8.03. The zero-order chi connectivity index (χ0) is 17.6. The molecular weight excluding hydrogens is 316 g/mol. The van der Waals surface area contributed by atoms with Crippen LogP contribution < -0.4 is 15.0 Å². The van der Waals surface area contributed by atoms with E-state index in [1.54, 1.807) is 0 Å². The fourth-order valence-electron chi connectivity index (χ4n) is 3.00. The number of anilines is 2. The Balaban J connectivity index is 1.61. The molecule has 5 nitrogen and oxygen atoms in total. The molecule has 0 spiro atoms. The van der Waals surface area contributed by atoms with Gasteiger partial charge >= 0.3 is 0 Å². The van der Waals surface area contributed by atoms with Crippen LogP contribution >= 0.6 is 0 Å². The van der Waals surface area contributed by atoms with Gasteiger partial charge in [-0.2, -0.15) is 0 Å². The van der Waals surface area contributed by atoms with E-state index in [9.17, 15) is 9.90 Å². The van der Waals surface area contributed by atoms with Crippen LogP contribution in [0.1, 0.15) is 18.4 Å². The van der Waals surface area contributed by atoms with Gasteiger partial charge in [0.25, 0.3) is 5.91 Å². The van der Waals surface area contributed by atoms with E-state index >= 15 is 0 Å². The average molecular weight is 340 g/mol. The van der Waals surface area contributed by atoms with Gasteiger partial charge in [0.2, 0.25) is 0 Å². The number of aliphatic hydroxyl groups excluding tert-OH is 1. The van der Waals surface area contributed by atoms with Crippen molar-refractivity contribution in [2.45, 2.75) is 25.9 Å². The molecule has 2 aromatic rings. The number of carbonyl (C=O) groups is 1. The Morgan fingerprint density at radius 2 is 1.96 bits per heavy atom. The Hall–Kier alpha value is -2.53. The fraction of sp³-hybridized carbons (Fsp3) is 0.350. The monoisotopic (exact) mass is 340 g/mol. The van der Waals surface area contributed by atoms with Crippen LogP contribution in [-0.4, -0.2) is 36.8 Å². The summed E-state index contributed by atoms with van der Waals surface area (Å²) in [7, 11) is 0. The molecule has 2 N–H and O–H groups in total. The van der Waals surface area contributed by atoms with E-state index in [2.05, 4.69) is 10.2 Å². The third kappa shape index (κ3) is 4.73. The van der Waals surface area contributed by atoms with Crippen molar-refractivity contribution in [2.75, 3.05) is 29.9 Å². The minimum Gasteiger partial charge on any atom is -0.484 e. The summed E-state index contributed by atoms with van der Waals surface area (Å²) in [6.45, 7) is 3.52. The first-order valence-electron chi connectivity index (χ1n) is 8.63. The van der Waals surface area contributed by atoms with E-state index in [1.807, 2.05) is 55.5 Å². The molecular formula is C20H24N2O3. The predicted molar refractivity (Wildman–Crippen MR) is 99.2 cm³/mol. The molecule has 1 saturated heterocycles. The lowest BCUT2D eigenvalue weighted by atomic mass is 10.1. The first kappa shape index (κ1) is 17.3. The van der Waals surface area contributed by atoms with Crippen molar-refractivity contribution in [3.8, 4) is 5.75 Å². The highest BCUT2D eigenvalue weighted by molar-refractivity contribution is 5.95. The van der Waals surface area contributed by atoms with Crippen LogP contribution in [0.3, 0.4) is 0 Å². The van der Waals surface area contributed by atoms with Gasteiger partial charge in [-0.25, -0.2) is 0 Å². The summed E-state index contributed by atoms with van der Waals surface area (Å²) < 4.78 is 5.56. The molecule has 1 fully saturated rings. The normalized spacial score (nSPS) is 15.0. The lowest BCUT2D eigenvalue weighted by Gasteiger charge is -2.32. The molecule has 1 amide bonds. The first-order chi connectivity index (χ1) is 12.1. The minimum absolute atomic E-state index is 0.0312. The molecule has 0 bridgehead atoms. The van der Waals surface area contributed by atoms with Crippen molar-refractivity contribution in [2.24, 2.45) is 0 Å². The molecule has 0 radical (unpaired) electrons. The highest BCUT2D eigenvalue weighted by atomic mass is 16.5. The molecule has 0 atom stereocenters. The molecule has 0 unspecified atom stereocenters. The molecule has 1 aliphatic heterocycles. The maximum atomic E-state index is 12.3. The number of nitrogens with zero attached hydrogens (tertiary/aromatic N) is 1. The summed E-state index contributed by atoms with van der Waals surface area (Å²) in [6.07, 6.45) is 1.28. The van der Waals surface area contributed by atoms with Crippen molar-refractivity contribution in [3.63, 3.8) is 0 Å². The highest BCUT2D eigenvalue weighted by Crippen LogP contribution is 2.28. The molecule has 2 aromatic carbocycles. The van der Waals surface area contributed by atoms with Gasteiger partial charge in [0, 0.05) is 13.1 Å². The third-order valence-corrected chi connectivity index (χ3v) is 4.34. The quantitative estimate of drug-likeness (QED) is 0.878. The predicted octanol–water partition coefficient (Wildman–Crippen LogP) is 2.97. The van der Waals surface area contributed by atoms with Gasteiger partial charge in [0.05, 0.1) is 17.5 Å². The number of hydrogen-bond donors (Lipinski definition) is 2. The van der Waals surface area contributed by atoms with Crippen molar-refractivity contribution in [1.29, 1.82) is 0 Å². The van der Waals surface area contributed by atoms with E-state index in [1.165, 1.54) is 0 Å². The van der Waals surface area contributed by atoms with Crippen molar-refractivity contribution < 1.29 is 14.6 Å². The first-order valence-corrected chi connectivity index (χ1v) is 8.63. The summed E-state index contributed by atoms with van der Waals surface area (Å²) >= 11 is 0.